The van der Waals surface area contributed by atoms with Crippen molar-refractivity contribution in [3.8, 4) is 0 Å². The molecule has 0 aliphatic carbocycles. The minimum Gasteiger partial charge on any atom is -0.354 e. The van der Waals surface area contributed by atoms with Crippen LogP contribution in [0.3, 0.4) is 0 Å². The smallest absolute Gasteiger partial charge is 0.224 e. The molecule has 2 rings (SSSR count). The van der Waals surface area contributed by atoms with Gasteiger partial charge in [-0.2, -0.15) is 0 Å². The predicted molar refractivity (Wildman–Crippen MR) is 68.9 cm³/mol. The zero-order chi connectivity index (χ0) is 12.1. The second-order valence-corrected chi connectivity index (χ2v) is 5.42. The number of nitrogens with one attached hydrogen (secondary N) is 2. The number of nitrogens with zero attached hydrogens (tertiary/aromatic N) is 1. The standard InChI is InChI=1S/C13H25N3O/c1-16-8-3-2-6-12(16)10-15-13(17)11-5-4-7-14-9-11/h11-12,14H,2-10H2,1H3,(H,15,17). The van der Waals surface area contributed by atoms with Crippen molar-refractivity contribution < 1.29 is 4.79 Å². The van der Waals surface area contributed by atoms with Gasteiger partial charge in [-0.1, -0.05) is 6.42 Å². The Kier molecular flexibility index (Phi) is 4.80. The molecule has 2 aliphatic rings. The van der Waals surface area contributed by atoms with Gasteiger partial charge >= 0.3 is 0 Å². The first-order valence-electron chi connectivity index (χ1n) is 6.96. The molecule has 0 spiro atoms. The molecule has 0 radical (unpaired) electrons. The first-order valence-corrected chi connectivity index (χ1v) is 6.96. The van der Waals surface area contributed by atoms with E-state index in [0.717, 1.165) is 32.5 Å². The molecule has 0 aromatic heterocycles. The molecule has 2 N–H and O–H groups in total. The number of likely N-dealkylation sites (tertiary alicyclic amines) is 1. The topological polar surface area (TPSA) is 44.4 Å². The van der Waals surface area contributed by atoms with Gasteiger partial charge in [0.25, 0.3) is 0 Å². The molecular formula is C13H25N3O. The normalized spacial score (nSPS) is 31.1. The van der Waals surface area contributed by atoms with Crippen LogP contribution in [0.15, 0.2) is 0 Å². The number of hydrogen-bond donors (Lipinski definition) is 2. The van der Waals surface area contributed by atoms with E-state index in [0.29, 0.717) is 6.04 Å². The summed E-state index contributed by atoms with van der Waals surface area (Å²) in [5, 5.41) is 6.42. The summed E-state index contributed by atoms with van der Waals surface area (Å²) in [6.45, 7) is 3.92. The third-order valence-corrected chi connectivity index (χ3v) is 4.10. The van der Waals surface area contributed by atoms with Crippen LogP contribution in [0.1, 0.15) is 32.1 Å². The summed E-state index contributed by atoms with van der Waals surface area (Å²) in [7, 11) is 2.16. The number of carbonyl (C=O) groups is 1. The summed E-state index contributed by atoms with van der Waals surface area (Å²) < 4.78 is 0. The minimum absolute atomic E-state index is 0.192. The lowest BCUT2D eigenvalue weighted by molar-refractivity contribution is -0.125. The highest BCUT2D eigenvalue weighted by molar-refractivity contribution is 5.79. The first-order chi connectivity index (χ1) is 8.27. The van der Waals surface area contributed by atoms with Gasteiger partial charge in [-0.3, -0.25) is 4.79 Å². The first kappa shape index (κ1) is 12.8. The van der Waals surface area contributed by atoms with Crippen molar-refractivity contribution >= 4 is 5.91 Å². The van der Waals surface area contributed by atoms with Crippen molar-refractivity contribution in [2.45, 2.75) is 38.1 Å². The Morgan fingerprint density at radius 3 is 2.94 bits per heavy atom. The van der Waals surface area contributed by atoms with Crippen molar-refractivity contribution in [1.29, 1.82) is 0 Å². The highest BCUT2D eigenvalue weighted by atomic mass is 16.1. The van der Waals surface area contributed by atoms with Gasteiger partial charge in [0, 0.05) is 19.1 Å². The summed E-state index contributed by atoms with van der Waals surface area (Å²) in [6, 6.07) is 0.546. The highest BCUT2D eigenvalue weighted by Gasteiger charge is 2.23. The SMILES string of the molecule is CN1CCCCC1CNC(=O)C1CCCNC1. The fraction of sp³-hybridized carbons (Fsp3) is 0.923. The van der Waals surface area contributed by atoms with E-state index in [-0.39, 0.29) is 11.8 Å². The molecular weight excluding hydrogens is 214 g/mol. The number of carbonyl (C=O) groups excluding carboxylic acids is 1. The minimum atomic E-state index is 0.192. The Morgan fingerprint density at radius 1 is 1.35 bits per heavy atom. The zero-order valence-electron chi connectivity index (χ0n) is 10.9. The fourth-order valence-corrected chi connectivity index (χ4v) is 2.84. The van der Waals surface area contributed by atoms with Crippen molar-refractivity contribution in [1.82, 2.24) is 15.5 Å². The molecule has 2 aliphatic heterocycles. The van der Waals surface area contributed by atoms with E-state index >= 15 is 0 Å². The molecule has 98 valence electrons. The summed E-state index contributed by atoms with van der Waals surface area (Å²) in [5.74, 6) is 0.439. The average molecular weight is 239 g/mol. The molecule has 0 aromatic carbocycles. The summed E-state index contributed by atoms with van der Waals surface area (Å²) in [6.07, 6.45) is 5.99. The molecule has 1 amide bonds. The molecule has 2 heterocycles. The van der Waals surface area contributed by atoms with Crippen LogP contribution in [0, 0.1) is 5.92 Å². The number of likely N-dealkylation sites (N-methyl/N-ethyl adjacent to an activating group) is 1. The predicted octanol–water partition coefficient (Wildman–Crippen LogP) is 0.587. The molecule has 4 heteroatoms. The second-order valence-electron chi connectivity index (χ2n) is 5.42. The monoisotopic (exact) mass is 239 g/mol. The van der Waals surface area contributed by atoms with Crippen LogP contribution < -0.4 is 10.6 Å². The van der Waals surface area contributed by atoms with Gasteiger partial charge in [0.15, 0.2) is 0 Å². The lowest BCUT2D eigenvalue weighted by atomic mass is 9.98. The van der Waals surface area contributed by atoms with E-state index < -0.39 is 0 Å². The Morgan fingerprint density at radius 2 is 2.24 bits per heavy atom. The molecule has 17 heavy (non-hydrogen) atoms. The van der Waals surface area contributed by atoms with Gasteiger partial charge in [-0.25, -0.2) is 0 Å². The van der Waals surface area contributed by atoms with E-state index in [9.17, 15) is 4.79 Å². The quantitative estimate of drug-likeness (QED) is 0.757. The number of piperidine rings is 2. The average Bonchev–Trinajstić information content (AvgIpc) is 2.38. The Bertz CT molecular complexity index is 251. The Hall–Kier alpha value is -0.610. The maximum absolute atomic E-state index is 12.0. The lowest BCUT2D eigenvalue weighted by Crippen LogP contribution is -2.47. The summed E-state index contributed by atoms with van der Waals surface area (Å²) in [4.78, 5) is 14.4. The van der Waals surface area contributed by atoms with Crippen molar-refractivity contribution in [3.63, 3.8) is 0 Å². The van der Waals surface area contributed by atoms with Crippen LogP contribution in [0.2, 0.25) is 0 Å². The van der Waals surface area contributed by atoms with Crippen LogP contribution in [-0.2, 0) is 4.79 Å². The largest absolute Gasteiger partial charge is 0.354 e. The number of hydrogen-bond acceptors (Lipinski definition) is 3. The van der Waals surface area contributed by atoms with Crippen LogP contribution in [-0.4, -0.2) is 50.1 Å². The van der Waals surface area contributed by atoms with Crippen molar-refractivity contribution in [2.24, 2.45) is 5.92 Å². The summed E-state index contributed by atoms with van der Waals surface area (Å²) >= 11 is 0. The molecule has 0 bridgehead atoms. The van der Waals surface area contributed by atoms with Gasteiger partial charge in [0.05, 0.1) is 5.92 Å². The molecule has 2 saturated heterocycles. The third-order valence-electron chi connectivity index (χ3n) is 4.10. The molecule has 4 nitrogen and oxygen atoms in total. The highest BCUT2D eigenvalue weighted by Crippen LogP contribution is 2.15. The number of amides is 1. The molecule has 2 atom stereocenters. The fourth-order valence-electron chi connectivity index (χ4n) is 2.84. The number of rotatable bonds is 3. The maximum Gasteiger partial charge on any atom is 0.224 e. The third kappa shape index (κ3) is 3.68. The van der Waals surface area contributed by atoms with Crippen LogP contribution >= 0.6 is 0 Å². The zero-order valence-corrected chi connectivity index (χ0v) is 10.9. The van der Waals surface area contributed by atoms with Crippen LogP contribution in [0.25, 0.3) is 0 Å². The lowest BCUT2D eigenvalue weighted by Gasteiger charge is -2.33. The molecule has 0 aromatic rings. The molecule has 2 unspecified atom stereocenters. The maximum atomic E-state index is 12.0. The van der Waals surface area contributed by atoms with Crippen LogP contribution in [0.5, 0.6) is 0 Å². The van der Waals surface area contributed by atoms with Gasteiger partial charge in [0.1, 0.15) is 0 Å². The summed E-state index contributed by atoms with van der Waals surface area (Å²) in [5.41, 5.74) is 0. The van der Waals surface area contributed by atoms with E-state index in [4.69, 9.17) is 0 Å². The van der Waals surface area contributed by atoms with Crippen molar-refractivity contribution in [2.75, 3.05) is 33.2 Å². The van der Waals surface area contributed by atoms with E-state index in [2.05, 4.69) is 22.6 Å². The Labute approximate surface area is 104 Å². The van der Waals surface area contributed by atoms with Gasteiger partial charge in [-0.05, 0) is 45.8 Å². The van der Waals surface area contributed by atoms with Gasteiger partial charge in [0.2, 0.25) is 5.91 Å². The van der Waals surface area contributed by atoms with Gasteiger partial charge in [-0.15, -0.1) is 0 Å². The van der Waals surface area contributed by atoms with E-state index in [1.165, 1.54) is 25.8 Å². The van der Waals surface area contributed by atoms with E-state index in [1.807, 2.05) is 0 Å². The molecule has 2 fully saturated rings. The van der Waals surface area contributed by atoms with Crippen LogP contribution in [0.4, 0.5) is 0 Å². The molecule has 0 saturated carbocycles. The van der Waals surface area contributed by atoms with Crippen molar-refractivity contribution in [3.05, 3.63) is 0 Å². The van der Waals surface area contributed by atoms with E-state index in [1.54, 1.807) is 0 Å². The Balaban J connectivity index is 1.71. The van der Waals surface area contributed by atoms with Gasteiger partial charge < -0.3 is 15.5 Å². The second kappa shape index (κ2) is 6.36.